The lowest BCUT2D eigenvalue weighted by Crippen LogP contribution is -2.24. The summed E-state index contributed by atoms with van der Waals surface area (Å²) < 4.78 is 31.6. The van der Waals surface area contributed by atoms with E-state index in [1.807, 2.05) is 0 Å². The van der Waals surface area contributed by atoms with Crippen molar-refractivity contribution in [2.45, 2.75) is 37.5 Å². The molecule has 1 aliphatic carbocycles. The van der Waals surface area contributed by atoms with Crippen molar-refractivity contribution in [3.8, 4) is 0 Å². The van der Waals surface area contributed by atoms with Crippen LogP contribution in [0.5, 0.6) is 0 Å². The fourth-order valence-electron chi connectivity index (χ4n) is 1.99. The topological polar surface area (TPSA) is 30.2 Å². The predicted molar refractivity (Wildman–Crippen MR) is 58.8 cm³/mol. The number of halogens is 3. The van der Waals surface area contributed by atoms with Crippen LogP contribution >= 0.6 is 15.9 Å². The summed E-state index contributed by atoms with van der Waals surface area (Å²) in [6, 6.07) is 3.01. The fraction of sp³-hybridized carbons (Fsp3) is 0.545. The van der Waals surface area contributed by atoms with Gasteiger partial charge in [0.2, 0.25) is 5.92 Å². The van der Waals surface area contributed by atoms with E-state index < -0.39 is 11.5 Å². The summed E-state index contributed by atoms with van der Waals surface area (Å²) in [6.07, 6.45) is 0.473. The van der Waals surface area contributed by atoms with Crippen LogP contribution in [0.25, 0.3) is 0 Å². The third-order valence-electron chi connectivity index (χ3n) is 2.87. The van der Waals surface area contributed by atoms with Crippen molar-refractivity contribution in [2.75, 3.05) is 0 Å². The molecule has 2 nitrogen and oxygen atoms in total. The van der Waals surface area contributed by atoms with E-state index in [-0.39, 0.29) is 18.8 Å². The maximum atomic E-state index is 13.0. The molecule has 0 atom stereocenters. The van der Waals surface area contributed by atoms with Gasteiger partial charge in [0.1, 0.15) is 5.76 Å². The van der Waals surface area contributed by atoms with E-state index in [1.54, 1.807) is 6.07 Å². The molecule has 0 unspecified atom stereocenters. The zero-order valence-electron chi connectivity index (χ0n) is 8.51. The van der Waals surface area contributed by atoms with Gasteiger partial charge in [0.25, 0.3) is 0 Å². The molecule has 0 saturated heterocycles. The maximum absolute atomic E-state index is 13.0. The molecule has 1 aromatic rings. The van der Waals surface area contributed by atoms with Crippen molar-refractivity contribution < 1.29 is 13.2 Å². The Labute approximate surface area is 99.8 Å². The quantitative estimate of drug-likeness (QED) is 0.790. The molecule has 1 aromatic heterocycles. The summed E-state index contributed by atoms with van der Waals surface area (Å²) in [4.78, 5) is 11.1. The molecule has 0 amide bonds. The molecule has 88 valence electrons. The van der Waals surface area contributed by atoms with Crippen LogP contribution in [0.1, 0.15) is 37.4 Å². The molecule has 0 aromatic carbocycles. The Morgan fingerprint density at radius 2 is 1.94 bits per heavy atom. The molecule has 1 fully saturated rings. The Morgan fingerprint density at radius 1 is 1.31 bits per heavy atom. The normalized spacial score (nSPS) is 20.9. The van der Waals surface area contributed by atoms with Gasteiger partial charge in [-0.3, -0.25) is 0 Å². The van der Waals surface area contributed by atoms with Gasteiger partial charge in [0.15, 0.2) is 0 Å². The van der Waals surface area contributed by atoms with Gasteiger partial charge in [-0.2, -0.15) is 0 Å². The number of rotatable bonds is 1. The molecule has 16 heavy (non-hydrogen) atoms. The first-order valence-corrected chi connectivity index (χ1v) is 5.94. The molecule has 2 rings (SSSR count). The SMILES string of the molecule is O=c1cc(Br)cc(C2CCC(F)(F)CC2)o1. The van der Waals surface area contributed by atoms with Gasteiger partial charge < -0.3 is 4.42 Å². The molecule has 1 heterocycles. The van der Waals surface area contributed by atoms with Gasteiger partial charge >= 0.3 is 5.63 Å². The summed E-state index contributed by atoms with van der Waals surface area (Å²) in [5, 5.41) is 0. The molecule has 1 saturated carbocycles. The van der Waals surface area contributed by atoms with Crippen LogP contribution in [0.3, 0.4) is 0 Å². The van der Waals surface area contributed by atoms with Crippen LogP contribution in [0.4, 0.5) is 8.78 Å². The van der Waals surface area contributed by atoms with E-state index in [2.05, 4.69) is 15.9 Å². The summed E-state index contributed by atoms with van der Waals surface area (Å²) in [7, 11) is 0. The number of hydrogen-bond donors (Lipinski definition) is 0. The molecular weight excluding hydrogens is 282 g/mol. The number of alkyl halides is 2. The van der Waals surface area contributed by atoms with Crippen molar-refractivity contribution in [3.63, 3.8) is 0 Å². The fourth-order valence-corrected chi connectivity index (χ4v) is 2.40. The van der Waals surface area contributed by atoms with Gasteiger partial charge in [-0.25, -0.2) is 13.6 Å². The van der Waals surface area contributed by atoms with Gasteiger partial charge in [-0.05, 0) is 18.9 Å². The highest BCUT2D eigenvalue weighted by molar-refractivity contribution is 9.10. The van der Waals surface area contributed by atoms with Crippen LogP contribution in [-0.2, 0) is 0 Å². The standard InChI is InChI=1S/C11H11BrF2O2/c12-8-5-9(16-10(15)6-8)7-1-3-11(13,14)4-2-7/h5-7H,1-4H2. The molecule has 0 spiro atoms. The molecule has 5 heteroatoms. The lowest BCUT2D eigenvalue weighted by atomic mass is 9.85. The molecule has 0 N–H and O–H groups in total. The monoisotopic (exact) mass is 292 g/mol. The molecule has 1 aliphatic rings. The highest BCUT2D eigenvalue weighted by atomic mass is 79.9. The second kappa shape index (κ2) is 4.28. The van der Waals surface area contributed by atoms with E-state index in [9.17, 15) is 13.6 Å². The van der Waals surface area contributed by atoms with Gasteiger partial charge in [-0.1, -0.05) is 15.9 Å². The maximum Gasteiger partial charge on any atom is 0.336 e. The highest BCUT2D eigenvalue weighted by Gasteiger charge is 2.36. The molecule has 0 radical (unpaired) electrons. The second-order valence-electron chi connectivity index (χ2n) is 4.13. The third-order valence-corrected chi connectivity index (χ3v) is 3.33. The zero-order valence-corrected chi connectivity index (χ0v) is 10.1. The lowest BCUT2D eigenvalue weighted by molar-refractivity contribution is -0.0397. The van der Waals surface area contributed by atoms with Gasteiger partial charge in [-0.15, -0.1) is 0 Å². The van der Waals surface area contributed by atoms with E-state index in [1.165, 1.54) is 6.07 Å². The minimum absolute atomic E-state index is 0.0650. The van der Waals surface area contributed by atoms with Gasteiger partial charge in [0, 0.05) is 29.3 Å². The summed E-state index contributed by atoms with van der Waals surface area (Å²) in [5.41, 5.74) is -0.443. The average molecular weight is 293 g/mol. The first-order chi connectivity index (χ1) is 7.46. The van der Waals surface area contributed by atoms with E-state index in [4.69, 9.17) is 4.42 Å². The first kappa shape index (κ1) is 11.8. The predicted octanol–water partition coefficient (Wildman–Crippen LogP) is 3.70. The Morgan fingerprint density at radius 3 is 2.50 bits per heavy atom. The van der Waals surface area contributed by atoms with Gasteiger partial charge in [0.05, 0.1) is 0 Å². The lowest BCUT2D eigenvalue weighted by Gasteiger charge is -2.27. The Kier molecular flexibility index (Phi) is 3.15. The van der Waals surface area contributed by atoms with Crippen LogP contribution in [0, 0.1) is 0 Å². The van der Waals surface area contributed by atoms with Crippen LogP contribution < -0.4 is 5.63 Å². The summed E-state index contributed by atoms with van der Waals surface area (Å²) >= 11 is 3.19. The zero-order chi connectivity index (χ0) is 11.8. The second-order valence-corrected chi connectivity index (χ2v) is 5.04. The Balaban J connectivity index is 2.17. The Hall–Kier alpha value is -0.710. The largest absolute Gasteiger partial charge is 0.428 e. The van der Waals surface area contributed by atoms with E-state index >= 15 is 0 Å². The Bertz CT molecular complexity index is 432. The highest BCUT2D eigenvalue weighted by Crippen LogP contribution is 2.40. The molecule has 0 bridgehead atoms. The minimum atomic E-state index is -2.55. The molecule has 0 aliphatic heterocycles. The van der Waals surface area contributed by atoms with Crippen molar-refractivity contribution in [1.29, 1.82) is 0 Å². The minimum Gasteiger partial charge on any atom is -0.428 e. The van der Waals surface area contributed by atoms with Crippen molar-refractivity contribution in [2.24, 2.45) is 0 Å². The number of hydrogen-bond acceptors (Lipinski definition) is 2. The van der Waals surface area contributed by atoms with Crippen LogP contribution in [-0.4, -0.2) is 5.92 Å². The molecular formula is C11H11BrF2O2. The average Bonchev–Trinajstić information content (AvgIpc) is 2.15. The van der Waals surface area contributed by atoms with Crippen LogP contribution in [0.2, 0.25) is 0 Å². The summed E-state index contributed by atoms with van der Waals surface area (Å²) in [5.74, 6) is -2.11. The van der Waals surface area contributed by atoms with E-state index in [0.29, 0.717) is 23.1 Å². The first-order valence-electron chi connectivity index (χ1n) is 5.15. The van der Waals surface area contributed by atoms with E-state index in [0.717, 1.165) is 0 Å². The van der Waals surface area contributed by atoms with Crippen molar-refractivity contribution in [3.05, 3.63) is 32.8 Å². The van der Waals surface area contributed by atoms with Crippen LogP contribution in [0.15, 0.2) is 25.8 Å². The van der Waals surface area contributed by atoms with Crippen molar-refractivity contribution in [1.82, 2.24) is 0 Å². The third kappa shape index (κ3) is 2.70. The summed E-state index contributed by atoms with van der Waals surface area (Å²) in [6.45, 7) is 0. The van der Waals surface area contributed by atoms with Crippen molar-refractivity contribution >= 4 is 15.9 Å². The smallest absolute Gasteiger partial charge is 0.336 e.